The molecule has 1 aliphatic heterocycles. The number of carboxylic acid groups (broad SMARTS) is 1. The fourth-order valence-corrected chi connectivity index (χ4v) is 3.34. The molecule has 21 heavy (non-hydrogen) atoms. The Morgan fingerprint density at radius 3 is 1.67 bits per heavy atom. The van der Waals surface area contributed by atoms with Gasteiger partial charge in [0.1, 0.15) is 0 Å². The van der Waals surface area contributed by atoms with Crippen molar-refractivity contribution in [3.05, 3.63) is 71.8 Å². The summed E-state index contributed by atoms with van der Waals surface area (Å²) in [4.78, 5) is 12.7. The second-order valence-corrected chi connectivity index (χ2v) is 5.58. The number of likely N-dealkylation sites (tertiary alicyclic amines) is 1. The minimum Gasteiger partial charge on any atom is -0.465 e. The van der Waals surface area contributed by atoms with E-state index in [0.717, 1.165) is 12.8 Å². The molecule has 3 heteroatoms. The van der Waals surface area contributed by atoms with Crippen molar-refractivity contribution in [2.75, 3.05) is 13.1 Å². The van der Waals surface area contributed by atoms with Gasteiger partial charge in [0.25, 0.3) is 0 Å². The van der Waals surface area contributed by atoms with E-state index in [-0.39, 0.29) is 5.41 Å². The summed E-state index contributed by atoms with van der Waals surface area (Å²) in [6.07, 6.45) is 0.838. The lowest BCUT2D eigenvalue weighted by molar-refractivity contribution is 0.123. The minimum atomic E-state index is -0.815. The molecule has 2 aromatic carbocycles. The number of hydrogen-bond acceptors (Lipinski definition) is 1. The molecule has 2 aromatic rings. The maximum atomic E-state index is 11.2. The van der Waals surface area contributed by atoms with Crippen LogP contribution in [0, 0.1) is 0 Å². The Kier molecular flexibility index (Phi) is 3.65. The molecular formula is C18H19NO2. The zero-order valence-electron chi connectivity index (χ0n) is 11.9. The first-order chi connectivity index (χ1) is 10.2. The van der Waals surface area contributed by atoms with Crippen LogP contribution in [0.2, 0.25) is 0 Å². The number of amides is 1. The molecule has 1 N–H and O–H groups in total. The number of benzene rings is 2. The first kappa shape index (κ1) is 13.7. The van der Waals surface area contributed by atoms with Crippen molar-refractivity contribution in [3.8, 4) is 0 Å². The second kappa shape index (κ2) is 5.60. The van der Waals surface area contributed by atoms with E-state index in [4.69, 9.17) is 0 Å². The monoisotopic (exact) mass is 281 g/mol. The highest BCUT2D eigenvalue weighted by atomic mass is 16.4. The normalized spacial score (nSPS) is 17.4. The molecule has 1 saturated heterocycles. The van der Waals surface area contributed by atoms with E-state index in [0.29, 0.717) is 13.1 Å². The smallest absolute Gasteiger partial charge is 0.407 e. The Bertz CT molecular complexity index is 560. The van der Waals surface area contributed by atoms with Gasteiger partial charge in [-0.25, -0.2) is 4.79 Å². The molecule has 0 spiro atoms. The predicted octanol–water partition coefficient (Wildman–Crippen LogP) is 3.75. The van der Waals surface area contributed by atoms with Crippen molar-refractivity contribution in [2.45, 2.75) is 18.3 Å². The van der Waals surface area contributed by atoms with Crippen LogP contribution in [0.3, 0.4) is 0 Å². The van der Waals surface area contributed by atoms with Gasteiger partial charge in [0.2, 0.25) is 0 Å². The molecule has 1 heterocycles. The number of hydrogen-bond donors (Lipinski definition) is 1. The first-order valence-corrected chi connectivity index (χ1v) is 7.31. The van der Waals surface area contributed by atoms with Crippen molar-refractivity contribution in [1.29, 1.82) is 0 Å². The Morgan fingerprint density at radius 2 is 1.29 bits per heavy atom. The molecule has 108 valence electrons. The average molecular weight is 281 g/mol. The Morgan fingerprint density at radius 1 is 0.857 bits per heavy atom. The summed E-state index contributed by atoms with van der Waals surface area (Å²) >= 11 is 0. The minimum absolute atomic E-state index is 0.0749. The van der Waals surface area contributed by atoms with Gasteiger partial charge < -0.3 is 10.0 Å². The van der Waals surface area contributed by atoms with E-state index in [9.17, 15) is 9.90 Å². The van der Waals surface area contributed by atoms with Gasteiger partial charge in [-0.2, -0.15) is 0 Å². The van der Waals surface area contributed by atoms with E-state index in [1.165, 1.54) is 16.0 Å². The molecule has 3 rings (SSSR count). The van der Waals surface area contributed by atoms with Gasteiger partial charge in [-0.3, -0.25) is 0 Å². The van der Waals surface area contributed by atoms with Crippen LogP contribution in [0.5, 0.6) is 0 Å². The van der Waals surface area contributed by atoms with Crippen molar-refractivity contribution in [3.63, 3.8) is 0 Å². The Hall–Kier alpha value is -2.29. The van der Waals surface area contributed by atoms with Crippen LogP contribution in [0.1, 0.15) is 24.0 Å². The van der Waals surface area contributed by atoms with Crippen LogP contribution in [-0.4, -0.2) is 29.2 Å². The fraction of sp³-hybridized carbons (Fsp3) is 0.278. The largest absolute Gasteiger partial charge is 0.465 e. The topological polar surface area (TPSA) is 40.5 Å². The summed E-state index contributed by atoms with van der Waals surface area (Å²) in [5, 5.41) is 9.18. The van der Waals surface area contributed by atoms with Crippen molar-refractivity contribution in [2.24, 2.45) is 0 Å². The van der Waals surface area contributed by atoms with Gasteiger partial charge in [0.15, 0.2) is 0 Å². The standard InChI is InChI=1S/C18H19NO2/c20-17(21)19-13-11-18(12-14-19,15-7-3-1-4-8-15)16-9-5-2-6-10-16/h1-10H,11-14H2,(H,20,21). The van der Waals surface area contributed by atoms with Crippen LogP contribution in [0.25, 0.3) is 0 Å². The number of rotatable bonds is 2. The molecule has 3 nitrogen and oxygen atoms in total. The molecule has 0 bridgehead atoms. The Balaban J connectivity index is 2.00. The van der Waals surface area contributed by atoms with Crippen molar-refractivity contribution < 1.29 is 9.90 Å². The van der Waals surface area contributed by atoms with Crippen LogP contribution in [0.15, 0.2) is 60.7 Å². The second-order valence-electron chi connectivity index (χ2n) is 5.58. The fourth-order valence-electron chi connectivity index (χ4n) is 3.34. The first-order valence-electron chi connectivity index (χ1n) is 7.31. The Labute approximate surface area is 124 Å². The third kappa shape index (κ3) is 2.51. The summed E-state index contributed by atoms with van der Waals surface area (Å²) in [6.45, 7) is 1.16. The maximum absolute atomic E-state index is 11.2. The summed E-state index contributed by atoms with van der Waals surface area (Å²) in [5.41, 5.74) is 2.48. The van der Waals surface area contributed by atoms with Gasteiger partial charge in [0, 0.05) is 18.5 Å². The zero-order valence-corrected chi connectivity index (χ0v) is 11.9. The highest BCUT2D eigenvalue weighted by Gasteiger charge is 2.38. The lowest BCUT2D eigenvalue weighted by Gasteiger charge is -2.42. The summed E-state index contributed by atoms with van der Waals surface area (Å²) in [6, 6.07) is 20.9. The van der Waals surface area contributed by atoms with Crippen molar-refractivity contribution >= 4 is 6.09 Å². The highest BCUT2D eigenvalue weighted by Crippen LogP contribution is 2.41. The van der Waals surface area contributed by atoms with Crippen molar-refractivity contribution in [1.82, 2.24) is 4.90 Å². The highest BCUT2D eigenvalue weighted by molar-refractivity contribution is 5.65. The van der Waals surface area contributed by atoms with Gasteiger partial charge in [0.05, 0.1) is 0 Å². The van der Waals surface area contributed by atoms with E-state index in [1.807, 2.05) is 12.1 Å². The molecular weight excluding hydrogens is 262 g/mol. The van der Waals surface area contributed by atoms with Gasteiger partial charge >= 0.3 is 6.09 Å². The zero-order chi connectivity index (χ0) is 14.7. The quantitative estimate of drug-likeness (QED) is 0.910. The van der Waals surface area contributed by atoms with E-state index in [2.05, 4.69) is 48.5 Å². The van der Waals surface area contributed by atoms with Crippen LogP contribution >= 0.6 is 0 Å². The van der Waals surface area contributed by atoms with E-state index in [1.54, 1.807) is 0 Å². The number of carbonyl (C=O) groups is 1. The SMILES string of the molecule is O=C(O)N1CCC(c2ccccc2)(c2ccccc2)CC1. The van der Waals surface area contributed by atoms with Crippen LogP contribution in [-0.2, 0) is 5.41 Å². The number of nitrogens with zero attached hydrogens (tertiary/aromatic N) is 1. The lowest BCUT2D eigenvalue weighted by atomic mass is 9.68. The van der Waals surface area contributed by atoms with Gasteiger partial charge in [-0.1, -0.05) is 60.7 Å². The van der Waals surface area contributed by atoms with Gasteiger partial charge in [-0.15, -0.1) is 0 Å². The average Bonchev–Trinajstić information content (AvgIpc) is 2.56. The molecule has 1 fully saturated rings. The summed E-state index contributed by atoms with van der Waals surface area (Å²) < 4.78 is 0. The molecule has 0 aliphatic carbocycles. The summed E-state index contributed by atoms with van der Waals surface area (Å²) in [7, 11) is 0. The third-order valence-electron chi connectivity index (χ3n) is 4.54. The predicted molar refractivity (Wildman–Crippen MR) is 82.5 cm³/mol. The molecule has 0 unspecified atom stereocenters. The van der Waals surface area contributed by atoms with E-state index >= 15 is 0 Å². The lowest BCUT2D eigenvalue weighted by Crippen LogP contribution is -2.45. The molecule has 0 radical (unpaired) electrons. The molecule has 1 amide bonds. The summed E-state index contributed by atoms with van der Waals surface area (Å²) in [5.74, 6) is 0. The van der Waals surface area contributed by atoms with Crippen LogP contribution in [0.4, 0.5) is 4.79 Å². The molecule has 0 atom stereocenters. The molecule has 0 saturated carbocycles. The molecule has 0 aromatic heterocycles. The third-order valence-corrected chi connectivity index (χ3v) is 4.54. The number of piperidine rings is 1. The maximum Gasteiger partial charge on any atom is 0.407 e. The molecule has 1 aliphatic rings. The van der Waals surface area contributed by atoms with Gasteiger partial charge in [-0.05, 0) is 24.0 Å². The van der Waals surface area contributed by atoms with Crippen LogP contribution < -0.4 is 0 Å². The van der Waals surface area contributed by atoms with E-state index < -0.39 is 6.09 Å².